The predicted molar refractivity (Wildman–Crippen MR) is 81.1 cm³/mol. The topological polar surface area (TPSA) is 38.9 Å². The van der Waals surface area contributed by atoms with E-state index in [-0.39, 0.29) is 0 Å². The minimum absolute atomic E-state index is 0.826. The quantitative estimate of drug-likeness (QED) is 0.704. The van der Waals surface area contributed by atoms with Gasteiger partial charge < -0.3 is 5.73 Å². The smallest absolute Gasteiger partial charge is 0.0759 e. The lowest BCUT2D eigenvalue weighted by Gasteiger charge is -2.12. The normalized spacial score (nSPS) is 10.8. The maximum atomic E-state index is 6.29. The van der Waals surface area contributed by atoms with E-state index in [1.807, 2.05) is 31.2 Å². The number of benzene rings is 2. The number of fused-ring (bicyclic) bond motifs is 1. The monoisotopic (exact) mass is 248 g/mol. The number of nitrogens with zero attached hydrogens (tertiary/aromatic N) is 1. The molecule has 1 aromatic heterocycles. The Hall–Kier alpha value is -2.35. The number of aryl methyl sites for hydroxylation is 1. The third-order valence-electron chi connectivity index (χ3n) is 3.48. The van der Waals surface area contributed by atoms with E-state index >= 15 is 0 Å². The standard InChI is InChI=1S/C17H16N2/c1-11-8-9-15-14(10-11)16(18)12(2)17(19-15)13-6-4-3-5-7-13/h3-10H,1-2H3,(H2,18,19). The Kier molecular flexibility index (Phi) is 2.71. The molecule has 3 rings (SSSR count). The van der Waals surface area contributed by atoms with Crippen molar-refractivity contribution in [2.45, 2.75) is 13.8 Å². The molecule has 0 unspecified atom stereocenters. The fraction of sp³-hybridized carbons (Fsp3) is 0.118. The SMILES string of the molecule is Cc1ccc2nc(-c3ccccc3)c(C)c(N)c2c1. The van der Waals surface area contributed by atoms with Crippen molar-refractivity contribution in [2.24, 2.45) is 0 Å². The molecule has 19 heavy (non-hydrogen) atoms. The minimum Gasteiger partial charge on any atom is -0.398 e. The molecule has 2 nitrogen and oxygen atoms in total. The minimum atomic E-state index is 0.826. The number of aromatic nitrogens is 1. The van der Waals surface area contributed by atoms with Gasteiger partial charge >= 0.3 is 0 Å². The second-order valence-electron chi connectivity index (χ2n) is 4.89. The highest BCUT2D eigenvalue weighted by Gasteiger charge is 2.10. The lowest BCUT2D eigenvalue weighted by atomic mass is 10.0. The van der Waals surface area contributed by atoms with E-state index in [4.69, 9.17) is 10.7 Å². The lowest BCUT2D eigenvalue weighted by Crippen LogP contribution is -1.98. The molecule has 0 radical (unpaired) electrons. The van der Waals surface area contributed by atoms with Crippen LogP contribution in [0.3, 0.4) is 0 Å². The number of nitrogen functional groups attached to an aromatic ring is 1. The number of nitrogens with two attached hydrogens (primary N) is 1. The molecule has 0 spiro atoms. The summed E-state index contributed by atoms with van der Waals surface area (Å²) in [5, 5.41) is 1.04. The van der Waals surface area contributed by atoms with Gasteiger partial charge in [0.05, 0.1) is 11.2 Å². The zero-order valence-corrected chi connectivity index (χ0v) is 11.1. The van der Waals surface area contributed by atoms with E-state index in [1.165, 1.54) is 5.56 Å². The molecule has 0 aliphatic carbocycles. The molecule has 0 aliphatic heterocycles. The first-order valence-corrected chi connectivity index (χ1v) is 6.38. The summed E-state index contributed by atoms with van der Waals surface area (Å²) in [6.07, 6.45) is 0. The second kappa shape index (κ2) is 4.39. The third kappa shape index (κ3) is 1.95. The van der Waals surface area contributed by atoms with Crippen LogP contribution >= 0.6 is 0 Å². The molecule has 2 heteroatoms. The molecule has 0 aliphatic rings. The number of hydrogen-bond acceptors (Lipinski definition) is 2. The van der Waals surface area contributed by atoms with Crippen LogP contribution in [0, 0.1) is 13.8 Å². The Balaban J connectivity index is 2.34. The third-order valence-corrected chi connectivity index (χ3v) is 3.48. The Morgan fingerprint density at radius 3 is 2.42 bits per heavy atom. The summed E-state index contributed by atoms with van der Waals surface area (Å²) in [6, 6.07) is 16.4. The molecule has 94 valence electrons. The van der Waals surface area contributed by atoms with E-state index in [1.54, 1.807) is 0 Å². The second-order valence-corrected chi connectivity index (χ2v) is 4.89. The molecular weight excluding hydrogens is 232 g/mol. The summed E-state index contributed by atoms with van der Waals surface area (Å²) < 4.78 is 0. The summed E-state index contributed by atoms with van der Waals surface area (Å²) in [5.41, 5.74) is 12.4. The van der Waals surface area contributed by atoms with Gasteiger partial charge in [-0.3, -0.25) is 0 Å². The van der Waals surface area contributed by atoms with Gasteiger partial charge in [0.15, 0.2) is 0 Å². The van der Waals surface area contributed by atoms with Crippen molar-refractivity contribution >= 4 is 16.6 Å². The molecule has 0 saturated heterocycles. The maximum Gasteiger partial charge on any atom is 0.0759 e. The van der Waals surface area contributed by atoms with E-state index in [0.29, 0.717) is 0 Å². The number of hydrogen-bond donors (Lipinski definition) is 1. The van der Waals surface area contributed by atoms with Crippen LogP contribution in [0.4, 0.5) is 5.69 Å². The zero-order chi connectivity index (χ0) is 13.4. The average molecular weight is 248 g/mol. The van der Waals surface area contributed by atoms with Crippen molar-refractivity contribution in [1.29, 1.82) is 0 Å². The predicted octanol–water partition coefficient (Wildman–Crippen LogP) is 4.10. The summed E-state index contributed by atoms with van der Waals surface area (Å²) in [6.45, 7) is 4.10. The van der Waals surface area contributed by atoms with Crippen molar-refractivity contribution in [3.63, 3.8) is 0 Å². The summed E-state index contributed by atoms with van der Waals surface area (Å²) in [4.78, 5) is 4.77. The van der Waals surface area contributed by atoms with E-state index in [9.17, 15) is 0 Å². The Labute approximate surface area is 112 Å². The van der Waals surface area contributed by atoms with Crippen molar-refractivity contribution in [2.75, 3.05) is 5.73 Å². The van der Waals surface area contributed by atoms with Crippen molar-refractivity contribution < 1.29 is 0 Å². The van der Waals surface area contributed by atoms with Gasteiger partial charge in [0, 0.05) is 16.6 Å². The Bertz CT molecular complexity index is 746. The van der Waals surface area contributed by atoms with Gasteiger partial charge in [0.1, 0.15) is 0 Å². The summed E-state index contributed by atoms with van der Waals surface area (Å²) >= 11 is 0. The number of anilines is 1. The van der Waals surface area contributed by atoms with Crippen LogP contribution in [-0.4, -0.2) is 4.98 Å². The van der Waals surface area contributed by atoms with Gasteiger partial charge in [-0.25, -0.2) is 4.98 Å². The van der Waals surface area contributed by atoms with Gasteiger partial charge in [-0.2, -0.15) is 0 Å². The molecule has 2 N–H and O–H groups in total. The highest BCUT2D eigenvalue weighted by molar-refractivity contribution is 5.95. The fourth-order valence-corrected chi connectivity index (χ4v) is 2.37. The molecular formula is C17H16N2. The van der Waals surface area contributed by atoms with Gasteiger partial charge in [0.25, 0.3) is 0 Å². The molecule has 3 aromatic rings. The largest absolute Gasteiger partial charge is 0.398 e. The summed E-state index contributed by atoms with van der Waals surface area (Å²) in [5.74, 6) is 0. The van der Waals surface area contributed by atoms with Gasteiger partial charge in [-0.15, -0.1) is 0 Å². The Morgan fingerprint density at radius 2 is 1.68 bits per heavy atom. The summed E-state index contributed by atoms with van der Waals surface area (Å²) in [7, 11) is 0. The highest BCUT2D eigenvalue weighted by Crippen LogP contribution is 2.31. The van der Waals surface area contributed by atoms with Crippen molar-refractivity contribution in [3.8, 4) is 11.3 Å². The molecule has 1 heterocycles. The first-order chi connectivity index (χ1) is 9.16. The average Bonchev–Trinajstić information content (AvgIpc) is 2.44. The molecule has 0 atom stereocenters. The van der Waals surface area contributed by atoms with Crippen LogP contribution < -0.4 is 5.73 Å². The molecule has 0 saturated carbocycles. The maximum absolute atomic E-state index is 6.29. The van der Waals surface area contributed by atoms with Crippen LogP contribution in [0.25, 0.3) is 22.2 Å². The fourth-order valence-electron chi connectivity index (χ4n) is 2.37. The van der Waals surface area contributed by atoms with Gasteiger partial charge in [-0.1, -0.05) is 42.0 Å². The van der Waals surface area contributed by atoms with Crippen molar-refractivity contribution in [1.82, 2.24) is 4.98 Å². The number of pyridine rings is 1. The zero-order valence-electron chi connectivity index (χ0n) is 11.1. The van der Waals surface area contributed by atoms with Crippen LogP contribution in [0.15, 0.2) is 48.5 Å². The van der Waals surface area contributed by atoms with E-state index in [0.717, 1.165) is 33.4 Å². The number of rotatable bonds is 1. The van der Waals surface area contributed by atoms with Crippen LogP contribution in [-0.2, 0) is 0 Å². The molecule has 2 aromatic carbocycles. The van der Waals surface area contributed by atoms with Crippen LogP contribution in [0.5, 0.6) is 0 Å². The van der Waals surface area contributed by atoms with Gasteiger partial charge in [-0.05, 0) is 31.5 Å². The lowest BCUT2D eigenvalue weighted by molar-refractivity contribution is 1.32. The highest BCUT2D eigenvalue weighted by atomic mass is 14.7. The first kappa shape index (κ1) is 11.7. The van der Waals surface area contributed by atoms with Crippen LogP contribution in [0.2, 0.25) is 0 Å². The van der Waals surface area contributed by atoms with Crippen molar-refractivity contribution in [3.05, 3.63) is 59.7 Å². The molecule has 0 amide bonds. The molecule has 0 bridgehead atoms. The van der Waals surface area contributed by atoms with Crippen LogP contribution in [0.1, 0.15) is 11.1 Å². The molecule has 0 fully saturated rings. The Morgan fingerprint density at radius 1 is 0.947 bits per heavy atom. The first-order valence-electron chi connectivity index (χ1n) is 6.38. The van der Waals surface area contributed by atoms with Gasteiger partial charge in [0.2, 0.25) is 0 Å². The van der Waals surface area contributed by atoms with E-state index < -0.39 is 0 Å². The van der Waals surface area contributed by atoms with E-state index in [2.05, 4.69) is 31.2 Å².